The first-order valence-electron chi connectivity index (χ1n) is 14.3. The lowest BCUT2D eigenvalue weighted by molar-refractivity contribution is -0.126. The predicted octanol–water partition coefficient (Wildman–Crippen LogP) is 3.88. The summed E-state index contributed by atoms with van der Waals surface area (Å²) >= 11 is 6.53. The summed E-state index contributed by atoms with van der Waals surface area (Å²) in [6.45, 7) is 9.64. The van der Waals surface area contributed by atoms with Crippen LogP contribution in [0.25, 0.3) is 10.9 Å². The van der Waals surface area contributed by atoms with Gasteiger partial charge in [-0.1, -0.05) is 18.2 Å². The molecule has 1 amide bonds. The number of hydrogen-bond acceptors (Lipinski definition) is 8. The van der Waals surface area contributed by atoms with E-state index >= 15 is 0 Å². The SMILES string of the molecule is C=CC(=O)N1CCN(c2c(C#N)c(OC[C@@H]3CCCN3C)nc3c2CCN(c2c(Cl)c(F)cc4[nH]ncc24)C3)[C@@H](C)C1. The Kier molecular flexibility index (Phi) is 7.68. The van der Waals surface area contributed by atoms with Crippen LogP contribution >= 0.6 is 11.6 Å². The van der Waals surface area contributed by atoms with Crippen molar-refractivity contribution in [3.63, 3.8) is 0 Å². The fraction of sp³-hybridized carbons (Fsp3) is 0.467. The van der Waals surface area contributed by atoms with Gasteiger partial charge < -0.3 is 24.3 Å². The molecule has 0 radical (unpaired) electrons. The van der Waals surface area contributed by atoms with Gasteiger partial charge in [-0.3, -0.25) is 9.89 Å². The molecule has 2 fully saturated rings. The summed E-state index contributed by atoms with van der Waals surface area (Å²) in [5.74, 6) is -0.311. The van der Waals surface area contributed by atoms with Crippen molar-refractivity contribution >= 4 is 39.8 Å². The number of carbonyl (C=O) groups excluding carboxylic acids is 1. The molecule has 220 valence electrons. The van der Waals surface area contributed by atoms with Crippen LogP contribution in [0, 0.1) is 17.1 Å². The van der Waals surface area contributed by atoms with Gasteiger partial charge in [0.05, 0.1) is 35.3 Å². The van der Waals surface area contributed by atoms with Gasteiger partial charge in [-0.05, 0) is 45.9 Å². The first kappa shape index (κ1) is 28.2. The van der Waals surface area contributed by atoms with Gasteiger partial charge in [0.25, 0.3) is 0 Å². The van der Waals surface area contributed by atoms with Crippen LogP contribution in [0.1, 0.15) is 36.6 Å². The predicted molar refractivity (Wildman–Crippen MR) is 159 cm³/mol. The average molecular weight is 593 g/mol. The van der Waals surface area contributed by atoms with Crippen LogP contribution < -0.4 is 14.5 Å². The van der Waals surface area contributed by atoms with Crippen molar-refractivity contribution in [2.24, 2.45) is 0 Å². The maximum Gasteiger partial charge on any atom is 0.246 e. The van der Waals surface area contributed by atoms with Crippen LogP contribution in [0.5, 0.6) is 5.88 Å². The summed E-state index contributed by atoms with van der Waals surface area (Å²) in [7, 11) is 2.08. The molecule has 10 nitrogen and oxygen atoms in total. The highest BCUT2D eigenvalue weighted by Gasteiger charge is 2.35. The number of likely N-dealkylation sites (N-methyl/N-ethyl adjacent to an activating group) is 1. The number of amides is 1. The molecule has 1 aromatic carbocycles. The number of aromatic amines is 1. The molecular weight excluding hydrogens is 559 g/mol. The van der Waals surface area contributed by atoms with Crippen molar-refractivity contribution in [3.8, 4) is 11.9 Å². The van der Waals surface area contributed by atoms with E-state index < -0.39 is 5.82 Å². The standard InChI is InChI=1S/C30H34ClFN8O2/c1-4-26(41)38-10-11-40(18(2)15-38)28-20-7-9-39(29-22-14-34-36-24(22)12-23(32)27(29)31)16-25(20)35-30(21(28)13-33)42-17-19-6-5-8-37(19)3/h4,12,14,18-19H,1,5-11,15-17H2,2-3H3,(H,34,36)/t18-,19-/m0/s1. The number of nitrogens with one attached hydrogen (secondary N) is 1. The summed E-state index contributed by atoms with van der Waals surface area (Å²) in [5, 5.41) is 18.2. The van der Waals surface area contributed by atoms with Gasteiger partial charge in [-0.2, -0.15) is 10.4 Å². The monoisotopic (exact) mass is 592 g/mol. The Bertz CT molecular complexity index is 1590. The van der Waals surface area contributed by atoms with E-state index in [1.165, 1.54) is 12.1 Å². The normalized spacial score (nSPS) is 21.0. The molecule has 3 aliphatic rings. The first-order valence-corrected chi connectivity index (χ1v) is 14.7. The quantitative estimate of drug-likeness (QED) is 0.430. The Morgan fingerprint density at radius 2 is 2.17 bits per heavy atom. The number of piperazine rings is 1. The van der Waals surface area contributed by atoms with Crippen molar-refractivity contribution in [1.29, 1.82) is 5.26 Å². The van der Waals surface area contributed by atoms with E-state index in [4.69, 9.17) is 21.3 Å². The Morgan fingerprint density at radius 1 is 1.33 bits per heavy atom. The van der Waals surface area contributed by atoms with Crippen LogP contribution in [-0.2, 0) is 17.8 Å². The minimum atomic E-state index is -0.520. The van der Waals surface area contributed by atoms with Crippen molar-refractivity contribution in [2.75, 3.05) is 56.2 Å². The number of aromatic nitrogens is 3. The zero-order chi connectivity index (χ0) is 29.5. The van der Waals surface area contributed by atoms with Gasteiger partial charge in [-0.15, -0.1) is 0 Å². The van der Waals surface area contributed by atoms with Crippen LogP contribution in [-0.4, -0.2) is 89.4 Å². The smallest absolute Gasteiger partial charge is 0.246 e. The van der Waals surface area contributed by atoms with E-state index in [1.54, 1.807) is 11.1 Å². The van der Waals surface area contributed by atoms with E-state index in [0.29, 0.717) is 68.4 Å². The molecule has 0 spiro atoms. The molecule has 3 aromatic rings. The number of anilines is 2. The Labute approximate surface area is 249 Å². The third-order valence-electron chi connectivity index (χ3n) is 8.82. The molecular formula is C30H34ClFN8O2. The van der Waals surface area contributed by atoms with Gasteiger partial charge >= 0.3 is 0 Å². The average Bonchev–Trinajstić information content (AvgIpc) is 3.63. The molecule has 0 aliphatic carbocycles. The lowest BCUT2D eigenvalue weighted by atomic mass is 9.96. The molecule has 2 saturated heterocycles. The number of nitriles is 1. The molecule has 3 aliphatic heterocycles. The second-order valence-corrected chi connectivity index (χ2v) is 11.7. The van der Waals surface area contributed by atoms with E-state index in [-0.39, 0.29) is 23.0 Å². The van der Waals surface area contributed by atoms with Gasteiger partial charge in [0.1, 0.15) is 29.1 Å². The zero-order valence-corrected chi connectivity index (χ0v) is 24.6. The summed E-state index contributed by atoms with van der Waals surface area (Å²) in [5.41, 5.74) is 4.10. The topological polar surface area (TPSA) is 105 Å². The number of nitrogens with zero attached hydrogens (tertiary/aromatic N) is 7. The van der Waals surface area contributed by atoms with Crippen LogP contribution in [0.2, 0.25) is 5.02 Å². The Hall–Kier alpha value is -3.88. The molecule has 2 atom stereocenters. The van der Waals surface area contributed by atoms with Crippen LogP contribution in [0.4, 0.5) is 15.8 Å². The molecule has 0 saturated carbocycles. The molecule has 5 heterocycles. The second-order valence-electron chi connectivity index (χ2n) is 11.3. The van der Waals surface area contributed by atoms with E-state index in [2.05, 4.69) is 46.6 Å². The van der Waals surface area contributed by atoms with Gasteiger partial charge in [0.2, 0.25) is 11.8 Å². The molecule has 12 heteroatoms. The minimum Gasteiger partial charge on any atom is -0.475 e. The first-order chi connectivity index (χ1) is 20.3. The number of carbonyl (C=O) groups is 1. The molecule has 0 unspecified atom stereocenters. The Morgan fingerprint density at radius 3 is 2.88 bits per heavy atom. The Balaban J connectivity index is 1.41. The molecule has 0 bridgehead atoms. The van der Waals surface area contributed by atoms with Crippen molar-refractivity contribution in [1.82, 2.24) is 25.0 Å². The summed E-state index contributed by atoms with van der Waals surface area (Å²) in [6, 6.07) is 3.97. The third kappa shape index (κ3) is 4.92. The van der Waals surface area contributed by atoms with Crippen LogP contribution in [0.3, 0.4) is 0 Å². The fourth-order valence-electron chi connectivity index (χ4n) is 6.56. The highest BCUT2D eigenvalue weighted by atomic mass is 35.5. The number of H-pyrrole nitrogens is 1. The molecule has 42 heavy (non-hydrogen) atoms. The highest BCUT2D eigenvalue weighted by molar-refractivity contribution is 6.35. The van der Waals surface area contributed by atoms with Crippen molar-refractivity contribution in [2.45, 2.75) is 44.8 Å². The second kappa shape index (κ2) is 11.4. The number of ether oxygens (including phenoxy) is 1. The molecule has 1 N–H and O–H groups in total. The number of benzene rings is 1. The highest BCUT2D eigenvalue weighted by Crippen LogP contribution is 2.42. The molecule has 2 aromatic heterocycles. The number of halogens is 2. The summed E-state index contributed by atoms with van der Waals surface area (Å²) in [6.07, 6.45) is 5.70. The fourth-order valence-corrected chi connectivity index (χ4v) is 6.83. The molecule has 6 rings (SSSR count). The number of hydrogen-bond donors (Lipinski definition) is 1. The number of pyridine rings is 1. The third-order valence-corrected chi connectivity index (χ3v) is 9.18. The summed E-state index contributed by atoms with van der Waals surface area (Å²) in [4.78, 5) is 25.6. The van der Waals surface area contributed by atoms with Crippen LogP contribution in [0.15, 0.2) is 24.9 Å². The summed E-state index contributed by atoms with van der Waals surface area (Å²) < 4.78 is 21.2. The van der Waals surface area contributed by atoms with Gasteiger partial charge in [-0.25, -0.2) is 9.37 Å². The number of fused-ring (bicyclic) bond motifs is 2. The number of likely N-dealkylation sites (tertiary alicyclic amines) is 1. The minimum absolute atomic E-state index is 0.0404. The largest absolute Gasteiger partial charge is 0.475 e. The van der Waals surface area contributed by atoms with Crippen molar-refractivity contribution < 1.29 is 13.9 Å². The lowest BCUT2D eigenvalue weighted by Gasteiger charge is -2.43. The number of rotatable bonds is 6. The maximum absolute atomic E-state index is 14.8. The van der Waals surface area contributed by atoms with Gasteiger partial charge in [0.15, 0.2) is 0 Å². The maximum atomic E-state index is 14.8. The lowest BCUT2D eigenvalue weighted by Crippen LogP contribution is -2.54. The van der Waals surface area contributed by atoms with E-state index in [0.717, 1.165) is 41.7 Å². The van der Waals surface area contributed by atoms with E-state index in [9.17, 15) is 14.4 Å². The zero-order valence-electron chi connectivity index (χ0n) is 23.9. The van der Waals surface area contributed by atoms with E-state index in [1.807, 2.05) is 4.90 Å². The van der Waals surface area contributed by atoms with Gasteiger partial charge in [0, 0.05) is 55.3 Å². The van der Waals surface area contributed by atoms with Crippen molar-refractivity contribution in [3.05, 3.63) is 52.6 Å².